The predicted octanol–water partition coefficient (Wildman–Crippen LogP) is 3.94. The number of hydrogen-bond donors (Lipinski definition) is 1. The molecule has 0 aromatic carbocycles. The van der Waals surface area contributed by atoms with Crippen LogP contribution in [0.4, 0.5) is 4.79 Å². The van der Waals surface area contributed by atoms with Crippen LogP contribution in [0.3, 0.4) is 0 Å². The molecule has 23 heavy (non-hydrogen) atoms. The number of rotatable bonds is 5. The highest BCUT2D eigenvalue weighted by Crippen LogP contribution is 2.23. The summed E-state index contributed by atoms with van der Waals surface area (Å²) in [5.41, 5.74) is 0.703. The number of piperidine rings is 1. The largest absolute Gasteiger partial charge is 0.472 e. The van der Waals surface area contributed by atoms with Crippen LogP contribution in [0.2, 0.25) is 0 Å². The summed E-state index contributed by atoms with van der Waals surface area (Å²) in [4.78, 5) is 14.3. The van der Waals surface area contributed by atoms with Crippen molar-refractivity contribution in [3.63, 3.8) is 0 Å². The lowest BCUT2D eigenvalue weighted by molar-refractivity contribution is 0.00789. The molecule has 1 saturated heterocycles. The van der Waals surface area contributed by atoms with Crippen LogP contribution in [0.5, 0.6) is 0 Å². The lowest BCUT2D eigenvalue weighted by Crippen LogP contribution is -2.48. The minimum atomic E-state index is -0.440. The van der Waals surface area contributed by atoms with E-state index in [1.165, 1.54) is 6.42 Å². The summed E-state index contributed by atoms with van der Waals surface area (Å²) in [5.74, 6) is 0. The zero-order valence-corrected chi connectivity index (χ0v) is 14.8. The number of nitrogens with zero attached hydrogens (tertiary/aromatic N) is 1. The van der Waals surface area contributed by atoms with Crippen LogP contribution in [0.25, 0.3) is 0 Å². The van der Waals surface area contributed by atoms with E-state index < -0.39 is 5.60 Å². The van der Waals surface area contributed by atoms with Gasteiger partial charge < -0.3 is 19.4 Å². The Morgan fingerprint density at radius 2 is 2.26 bits per heavy atom. The maximum atomic E-state index is 12.4. The van der Waals surface area contributed by atoms with E-state index in [1.807, 2.05) is 31.7 Å². The molecule has 1 fully saturated rings. The predicted molar refractivity (Wildman–Crippen MR) is 90.2 cm³/mol. The number of furan rings is 1. The Morgan fingerprint density at radius 1 is 1.48 bits per heavy atom. The van der Waals surface area contributed by atoms with Crippen LogP contribution < -0.4 is 5.32 Å². The van der Waals surface area contributed by atoms with Crippen molar-refractivity contribution >= 4 is 6.09 Å². The van der Waals surface area contributed by atoms with E-state index in [-0.39, 0.29) is 12.1 Å². The van der Waals surface area contributed by atoms with E-state index >= 15 is 0 Å². The first-order chi connectivity index (χ1) is 10.8. The summed E-state index contributed by atoms with van der Waals surface area (Å²) >= 11 is 0. The molecule has 2 heterocycles. The molecule has 0 aliphatic carbocycles. The standard InChI is InChI=1S/C18H30N2O3/c1-14(19-12-15-8-10-22-13-15)11-16-7-5-6-9-20(16)17(21)23-18(2,3)4/h8,10,13-14,16,19H,5-7,9,11-12H2,1-4H3. The second kappa shape index (κ2) is 7.86. The molecule has 1 aliphatic rings. The van der Waals surface area contributed by atoms with Gasteiger partial charge in [-0.15, -0.1) is 0 Å². The number of carbonyl (C=O) groups excluding carboxylic acids is 1. The number of hydrogen-bond acceptors (Lipinski definition) is 4. The van der Waals surface area contributed by atoms with Crippen molar-refractivity contribution in [3.05, 3.63) is 24.2 Å². The molecule has 1 N–H and O–H groups in total. The van der Waals surface area contributed by atoms with Crippen LogP contribution in [-0.4, -0.2) is 35.2 Å². The smallest absolute Gasteiger partial charge is 0.410 e. The summed E-state index contributed by atoms with van der Waals surface area (Å²) in [6.45, 7) is 9.50. The maximum absolute atomic E-state index is 12.4. The lowest BCUT2D eigenvalue weighted by Gasteiger charge is -2.38. The molecular weight excluding hydrogens is 292 g/mol. The summed E-state index contributed by atoms with van der Waals surface area (Å²) < 4.78 is 10.6. The highest BCUT2D eigenvalue weighted by molar-refractivity contribution is 5.68. The molecule has 1 aromatic heterocycles. The zero-order valence-electron chi connectivity index (χ0n) is 14.8. The van der Waals surface area contributed by atoms with Gasteiger partial charge in [-0.1, -0.05) is 0 Å². The Kier molecular flexibility index (Phi) is 6.10. The van der Waals surface area contributed by atoms with Gasteiger partial charge in [0.25, 0.3) is 0 Å². The first kappa shape index (κ1) is 17.9. The molecule has 5 heteroatoms. The second-order valence-corrected chi connectivity index (χ2v) is 7.47. The number of amides is 1. The van der Waals surface area contributed by atoms with Gasteiger partial charge in [0, 0.05) is 30.7 Å². The molecule has 1 aromatic rings. The van der Waals surface area contributed by atoms with E-state index in [1.54, 1.807) is 12.5 Å². The third-order valence-corrected chi connectivity index (χ3v) is 4.12. The average molecular weight is 322 g/mol. The van der Waals surface area contributed by atoms with Gasteiger partial charge in [-0.2, -0.15) is 0 Å². The highest BCUT2D eigenvalue weighted by Gasteiger charge is 2.31. The van der Waals surface area contributed by atoms with Crippen molar-refractivity contribution in [2.24, 2.45) is 0 Å². The van der Waals surface area contributed by atoms with Crippen molar-refractivity contribution in [3.8, 4) is 0 Å². The maximum Gasteiger partial charge on any atom is 0.410 e. The molecule has 130 valence electrons. The van der Waals surface area contributed by atoms with Gasteiger partial charge in [-0.25, -0.2) is 4.79 Å². The number of nitrogens with one attached hydrogen (secondary N) is 1. The Morgan fingerprint density at radius 3 is 2.91 bits per heavy atom. The van der Waals surface area contributed by atoms with E-state index in [0.717, 1.165) is 37.9 Å². The van der Waals surface area contributed by atoms with Gasteiger partial charge in [0.1, 0.15) is 5.60 Å². The van der Waals surface area contributed by atoms with Crippen LogP contribution in [0.15, 0.2) is 23.0 Å². The SMILES string of the molecule is CC(CC1CCCCN1C(=O)OC(C)(C)C)NCc1ccoc1. The molecule has 2 unspecified atom stereocenters. The molecule has 0 saturated carbocycles. The van der Waals surface area contributed by atoms with Crippen molar-refractivity contribution in [1.82, 2.24) is 10.2 Å². The fourth-order valence-electron chi connectivity index (χ4n) is 2.98. The number of likely N-dealkylation sites (tertiary alicyclic amines) is 1. The normalized spacial score (nSPS) is 20.3. The van der Waals surface area contributed by atoms with E-state index in [9.17, 15) is 4.79 Å². The van der Waals surface area contributed by atoms with Crippen molar-refractivity contribution in [2.75, 3.05) is 6.54 Å². The second-order valence-electron chi connectivity index (χ2n) is 7.47. The molecule has 2 rings (SSSR count). The van der Waals surface area contributed by atoms with Gasteiger partial charge >= 0.3 is 6.09 Å². The van der Waals surface area contributed by atoms with Crippen molar-refractivity contribution in [2.45, 2.75) is 77.6 Å². The first-order valence-corrected chi connectivity index (χ1v) is 8.59. The number of carbonyl (C=O) groups is 1. The first-order valence-electron chi connectivity index (χ1n) is 8.59. The summed E-state index contributed by atoms with van der Waals surface area (Å²) in [7, 11) is 0. The van der Waals surface area contributed by atoms with Gasteiger partial charge in [0.05, 0.1) is 12.5 Å². The highest BCUT2D eigenvalue weighted by atomic mass is 16.6. The Labute approximate surface area is 139 Å². The molecular formula is C18H30N2O3. The topological polar surface area (TPSA) is 54.7 Å². The van der Waals surface area contributed by atoms with E-state index in [0.29, 0.717) is 6.04 Å². The van der Waals surface area contributed by atoms with Gasteiger partial charge in [-0.05, 0) is 59.4 Å². The van der Waals surface area contributed by atoms with Crippen LogP contribution in [0, 0.1) is 0 Å². The quantitative estimate of drug-likeness (QED) is 0.892. The zero-order chi connectivity index (χ0) is 16.9. The fourth-order valence-corrected chi connectivity index (χ4v) is 2.98. The molecule has 0 bridgehead atoms. The molecule has 5 nitrogen and oxygen atoms in total. The lowest BCUT2D eigenvalue weighted by atomic mass is 9.96. The Bertz CT molecular complexity index is 479. The molecule has 1 amide bonds. The molecule has 2 atom stereocenters. The minimum Gasteiger partial charge on any atom is -0.472 e. The minimum absolute atomic E-state index is 0.177. The van der Waals surface area contributed by atoms with E-state index in [2.05, 4.69) is 12.2 Å². The third kappa shape index (κ3) is 5.90. The van der Waals surface area contributed by atoms with Crippen LogP contribution >= 0.6 is 0 Å². The van der Waals surface area contributed by atoms with Gasteiger partial charge in [0.2, 0.25) is 0 Å². The third-order valence-electron chi connectivity index (χ3n) is 4.12. The monoisotopic (exact) mass is 322 g/mol. The van der Waals surface area contributed by atoms with Gasteiger partial charge in [-0.3, -0.25) is 0 Å². The van der Waals surface area contributed by atoms with Crippen molar-refractivity contribution in [1.29, 1.82) is 0 Å². The Hall–Kier alpha value is -1.49. The van der Waals surface area contributed by atoms with E-state index in [4.69, 9.17) is 9.15 Å². The molecule has 1 aliphatic heterocycles. The average Bonchev–Trinajstić information content (AvgIpc) is 2.97. The summed E-state index contributed by atoms with van der Waals surface area (Å²) in [5, 5.41) is 3.50. The summed E-state index contributed by atoms with van der Waals surface area (Å²) in [6, 6.07) is 2.55. The number of ether oxygens (including phenoxy) is 1. The Balaban J connectivity index is 1.86. The van der Waals surface area contributed by atoms with Crippen molar-refractivity contribution < 1.29 is 13.9 Å². The van der Waals surface area contributed by atoms with Gasteiger partial charge in [0.15, 0.2) is 0 Å². The molecule has 0 radical (unpaired) electrons. The fraction of sp³-hybridized carbons (Fsp3) is 0.722. The summed E-state index contributed by atoms with van der Waals surface area (Å²) in [6.07, 6.45) is 7.50. The van der Waals surface area contributed by atoms with Crippen LogP contribution in [0.1, 0.15) is 58.9 Å². The van der Waals surface area contributed by atoms with Crippen LogP contribution in [-0.2, 0) is 11.3 Å². The molecule has 0 spiro atoms.